The van der Waals surface area contributed by atoms with Crippen molar-refractivity contribution in [3.05, 3.63) is 29.3 Å². The Kier molecular flexibility index (Phi) is 3.36. The first-order chi connectivity index (χ1) is 8.09. The van der Waals surface area contributed by atoms with Gasteiger partial charge in [-0.2, -0.15) is 0 Å². The summed E-state index contributed by atoms with van der Waals surface area (Å²) in [4.78, 5) is 14.3. The third-order valence-corrected chi connectivity index (χ3v) is 3.55. The van der Waals surface area contributed by atoms with Crippen molar-refractivity contribution < 1.29 is 4.79 Å². The molecular weight excluding hydrogens is 212 g/mol. The minimum Gasteiger partial charge on any atom is -0.398 e. The van der Waals surface area contributed by atoms with Gasteiger partial charge in [-0.25, -0.2) is 0 Å². The van der Waals surface area contributed by atoms with Crippen LogP contribution in [0, 0.1) is 12.8 Å². The van der Waals surface area contributed by atoms with Crippen LogP contribution in [0.4, 0.5) is 5.69 Å². The summed E-state index contributed by atoms with van der Waals surface area (Å²) in [5.41, 5.74) is 8.19. The van der Waals surface area contributed by atoms with E-state index in [-0.39, 0.29) is 5.91 Å². The Bertz CT molecular complexity index is 428. The maximum atomic E-state index is 12.4. The van der Waals surface area contributed by atoms with Crippen LogP contribution in [0.15, 0.2) is 18.2 Å². The van der Waals surface area contributed by atoms with Crippen molar-refractivity contribution in [2.75, 3.05) is 18.8 Å². The van der Waals surface area contributed by atoms with Gasteiger partial charge in [0, 0.05) is 24.3 Å². The number of amides is 1. The number of likely N-dealkylation sites (tertiary alicyclic amines) is 1. The number of anilines is 1. The SMILES string of the molecule is Cc1c(N)cccc1C(=O)N1CCC[C@@H](C)C1. The van der Waals surface area contributed by atoms with Gasteiger partial charge in [0.25, 0.3) is 5.91 Å². The molecule has 1 aliphatic heterocycles. The average Bonchev–Trinajstić information content (AvgIpc) is 2.32. The van der Waals surface area contributed by atoms with Crippen molar-refractivity contribution in [2.24, 2.45) is 5.92 Å². The van der Waals surface area contributed by atoms with E-state index in [0.29, 0.717) is 11.6 Å². The van der Waals surface area contributed by atoms with Crippen LogP contribution in [-0.2, 0) is 0 Å². The zero-order chi connectivity index (χ0) is 12.4. The van der Waals surface area contributed by atoms with E-state index in [1.165, 1.54) is 6.42 Å². The fraction of sp³-hybridized carbons (Fsp3) is 0.500. The lowest BCUT2D eigenvalue weighted by Gasteiger charge is -2.31. The summed E-state index contributed by atoms with van der Waals surface area (Å²) < 4.78 is 0. The number of rotatable bonds is 1. The molecule has 92 valence electrons. The van der Waals surface area contributed by atoms with Gasteiger partial charge in [0.05, 0.1) is 0 Å². The second-order valence-electron chi connectivity index (χ2n) is 5.02. The first kappa shape index (κ1) is 12.0. The summed E-state index contributed by atoms with van der Waals surface area (Å²) in [5, 5.41) is 0. The summed E-state index contributed by atoms with van der Waals surface area (Å²) in [6.07, 6.45) is 2.33. The van der Waals surface area contributed by atoms with Crippen LogP contribution in [0.1, 0.15) is 35.7 Å². The molecule has 1 saturated heterocycles. The molecular formula is C14H20N2O. The molecule has 2 N–H and O–H groups in total. The number of nitrogen functional groups attached to an aromatic ring is 1. The van der Waals surface area contributed by atoms with Gasteiger partial charge in [-0.1, -0.05) is 13.0 Å². The molecule has 0 aliphatic carbocycles. The van der Waals surface area contributed by atoms with E-state index in [1.54, 1.807) is 0 Å². The highest BCUT2D eigenvalue weighted by molar-refractivity contribution is 5.96. The lowest BCUT2D eigenvalue weighted by molar-refractivity contribution is 0.0682. The molecule has 1 fully saturated rings. The Morgan fingerprint density at radius 1 is 1.47 bits per heavy atom. The first-order valence-electron chi connectivity index (χ1n) is 6.24. The molecule has 0 bridgehead atoms. The number of carbonyl (C=O) groups is 1. The molecule has 2 rings (SSSR count). The van der Waals surface area contributed by atoms with Crippen LogP contribution in [0.5, 0.6) is 0 Å². The van der Waals surface area contributed by atoms with Crippen LogP contribution in [0.3, 0.4) is 0 Å². The Labute approximate surface area is 103 Å². The van der Waals surface area contributed by atoms with Gasteiger partial charge in [0.15, 0.2) is 0 Å². The number of piperidine rings is 1. The Hall–Kier alpha value is -1.51. The minimum atomic E-state index is 0.126. The van der Waals surface area contributed by atoms with Crippen molar-refractivity contribution >= 4 is 11.6 Å². The van der Waals surface area contributed by atoms with E-state index in [1.807, 2.05) is 30.0 Å². The highest BCUT2D eigenvalue weighted by Gasteiger charge is 2.23. The standard InChI is InChI=1S/C14H20N2O/c1-10-5-4-8-16(9-10)14(17)12-6-3-7-13(15)11(12)2/h3,6-7,10H,4-5,8-9,15H2,1-2H3/t10-/m1/s1. The minimum absolute atomic E-state index is 0.126. The zero-order valence-electron chi connectivity index (χ0n) is 10.6. The summed E-state index contributed by atoms with van der Waals surface area (Å²) in [6, 6.07) is 5.56. The predicted octanol–water partition coefficient (Wildman–Crippen LogP) is 2.45. The predicted molar refractivity (Wildman–Crippen MR) is 69.9 cm³/mol. The molecule has 1 atom stereocenters. The molecule has 0 radical (unpaired) electrons. The third kappa shape index (κ3) is 2.43. The van der Waals surface area contributed by atoms with E-state index in [4.69, 9.17) is 5.73 Å². The molecule has 1 aromatic carbocycles. The topological polar surface area (TPSA) is 46.3 Å². The molecule has 0 aromatic heterocycles. The van der Waals surface area contributed by atoms with Crippen molar-refractivity contribution in [3.8, 4) is 0 Å². The second-order valence-corrected chi connectivity index (χ2v) is 5.02. The highest BCUT2D eigenvalue weighted by Crippen LogP contribution is 2.21. The van der Waals surface area contributed by atoms with Crippen molar-refractivity contribution in [1.29, 1.82) is 0 Å². The summed E-state index contributed by atoms with van der Waals surface area (Å²) in [7, 11) is 0. The summed E-state index contributed by atoms with van der Waals surface area (Å²) in [6.45, 7) is 5.85. The number of carbonyl (C=O) groups excluding carboxylic acids is 1. The molecule has 17 heavy (non-hydrogen) atoms. The smallest absolute Gasteiger partial charge is 0.254 e. The van der Waals surface area contributed by atoms with Crippen molar-refractivity contribution in [2.45, 2.75) is 26.7 Å². The molecule has 0 saturated carbocycles. The lowest BCUT2D eigenvalue weighted by atomic mass is 9.98. The van der Waals surface area contributed by atoms with E-state index in [0.717, 1.165) is 30.6 Å². The van der Waals surface area contributed by atoms with E-state index in [9.17, 15) is 4.79 Å². The monoisotopic (exact) mass is 232 g/mol. The van der Waals surface area contributed by atoms with Gasteiger partial charge in [-0.15, -0.1) is 0 Å². The average molecular weight is 232 g/mol. The quantitative estimate of drug-likeness (QED) is 0.756. The maximum absolute atomic E-state index is 12.4. The Morgan fingerprint density at radius 3 is 2.94 bits per heavy atom. The van der Waals surface area contributed by atoms with Crippen molar-refractivity contribution in [3.63, 3.8) is 0 Å². The third-order valence-electron chi connectivity index (χ3n) is 3.55. The van der Waals surface area contributed by atoms with Crippen LogP contribution < -0.4 is 5.73 Å². The van der Waals surface area contributed by atoms with Crippen LogP contribution in [0.2, 0.25) is 0 Å². The van der Waals surface area contributed by atoms with Gasteiger partial charge >= 0.3 is 0 Å². The van der Waals surface area contributed by atoms with Gasteiger partial charge in [-0.3, -0.25) is 4.79 Å². The van der Waals surface area contributed by atoms with Crippen LogP contribution >= 0.6 is 0 Å². The number of benzene rings is 1. The zero-order valence-corrected chi connectivity index (χ0v) is 10.6. The molecule has 3 nitrogen and oxygen atoms in total. The summed E-state index contributed by atoms with van der Waals surface area (Å²) in [5.74, 6) is 0.732. The van der Waals surface area contributed by atoms with E-state index < -0.39 is 0 Å². The molecule has 1 aromatic rings. The van der Waals surface area contributed by atoms with Gasteiger partial charge in [0.2, 0.25) is 0 Å². The number of hydrogen-bond donors (Lipinski definition) is 1. The first-order valence-corrected chi connectivity index (χ1v) is 6.24. The lowest BCUT2D eigenvalue weighted by Crippen LogP contribution is -2.39. The Morgan fingerprint density at radius 2 is 2.24 bits per heavy atom. The van der Waals surface area contributed by atoms with E-state index in [2.05, 4.69) is 6.92 Å². The van der Waals surface area contributed by atoms with Gasteiger partial charge in [-0.05, 0) is 43.4 Å². The molecule has 3 heteroatoms. The van der Waals surface area contributed by atoms with Gasteiger partial charge in [0.1, 0.15) is 0 Å². The maximum Gasteiger partial charge on any atom is 0.254 e. The highest BCUT2D eigenvalue weighted by atomic mass is 16.2. The number of nitrogens with two attached hydrogens (primary N) is 1. The Balaban J connectivity index is 2.22. The fourth-order valence-electron chi connectivity index (χ4n) is 2.43. The van der Waals surface area contributed by atoms with E-state index >= 15 is 0 Å². The fourth-order valence-corrected chi connectivity index (χ4v) is 2.43. The number of nitrogens with zero attached hydrogens (tertiary/aromatic N) is 1. The van der Waals surface area contributed by atoms with Crippen molar-refractivity contribution in [1.82, 2.24) is 4.90 Å². The second kappa shape index (κ2) is 4.78. The largest absolute Gasteiger partial charge is 0.398 e. The summed E-state index contributed by atoms with van der Waals surface area (Å²) >= 11 is 0. The van der Waals surface area contributed by atoms with Gasteiger partial charge < -0.3 is 10.6 Å². The molecule has 1 amide bonds. The molecule has 0 unspecified atom stereocenters. The molecule has 1 heterocycles. The van der Waals surface area contributed by atoms with Crippen LogP contribution in [-0.4, -0.2) is 23.9 Å². The van der Waals surface area contributed by atoms with Crippen LogP contribution in [0.25, 0.3) is 0 Å². The molecule has 1 aliphatic rings. The normalized spacial score (nSPS) is 20.4. The molecule has 0 spiro atoms. The number of hydrogen-bond acceptors (Lipinski definition) is 2.